The van der Waals surface area contributed by atoms with E-state index in [0.717, 1.165) is 30.1 Å². The van der Waals surface area contributed by atoms with Gasteiger partial charge in [-0.2, -0.15) is 0 Å². The molecule has 20 heavy (non-hydrogen) atoms. The number of nitrogens with zero attached hydrogens (tertiary/aromatic N) is 1. The fourth-order valence-corrected chi connectivity index (χ4v) is 5.35. The van der Waals surface area contributed by atoms with Crippen molar-refractivity contribution in [3.8, 4) is 0 Å². The van der Waals surface area contributed by atoms with E-state index in [4.69, 9.17) is 10.7 Å². The number of hydrogen-bond donors (Lipinski definition) is 1. The number of rotatable bonds is 3. The van der Waals surface area contributed by atoms with Crippen molar-refractivity contribution in [3.63, 3.8) is 0 Å². The third-order valence-corrected chi connectivity index (χ3v) is 5.86. The molecule has 0 radical (unpaired) electrons. The maximum Gasteiger partial charge on any atom is 0.100 e. The molecule has 0 spiro atoms. The van der Waals surface area contributed by atoms with Crippen LogP contribution < -0.4 is 5.73 Å². The minimum Gasteiger partial charge on any atom is -0.387 e. The minimum atomic E-state index is 0.267. The summed E-state index contributed by atoms with van der Waals surface area (Å²) < 4.78 is 0. The highest BCUT2D eigenvalue weighted by Crippen LogP contribution is 2.60. The van der Waals surface area contributed by atoms with Crippen molar-refractivity contribution < 1.29 is 0 Å². The van der Waals surface area contributed by atoms with E-state index in [1.807, 2.05) is 0 Å². The van der Waals surface area contributed by atoms with Gasteiger partial charge < -0.3 is 5.73 Å². The summed E-state index contributed by atoms with van der Waals surface area (Å²) in [4.78, 5) is 4.78. The minimum absolute atomic E-state index is 0.267. The molecule has 4 saturated carbocycles. The Hall–Kier alpha value is -1.31. The smallest absolute Gasteiger partial charge is 0.100 e. The summed E-state index contributed by atoms with van der Waals surface area (Å²) in [6, 6.07) is 10.5. The average molecular weight is 268 g/mol. The molecule has 106 valence electrons. The first-order chi connectivity index (χ1) is 9.73. The van der Waals surface area contributed by atoms with E-state index in [1.165, 1.54) is 44.1 Å². The molecule has 4 bridgehead atoms. The van der Waals surface area contributed by atoms with E-state index in [9.17, 15) is 0 Å². The fraction of sp³-hybridized carbons (Fsp3) is 0.611. The van der Waals surface area contributed by atoms with Crippen molar-refractivity contribution >= 4 is 5.84 Å². The summed E-state index contributed by atoms with van der Waals surface area (Å²) >= 11 is 0. The first-order valence-electron chi connectivity index (χ1n) is 8.08. The summed E-state index contributed by atoms with van der Waals surface area (Å²) in [6.07, 6.45) is 8.32. The highest BCUT2D eigenvalue weighted by molar-refractivity contribution is 5.87. The average Bonchev–Trinajstić information content (AvgIpc) is 2.44. The number of amidine groups is 1. The molecule has 0 amide bonds. The molecule has 5 rings (SSSR count). The Labute approximate surface area is 121 Å². The van der Waals surface area contributed by atoms with Crippen molar-refractivity contribution in [1.29, 1.82) is 0 Å². The van der Waals surface area contributed by atoms with Crippen LogP contribution in [0.25, 0.3) is 0 Å². The van der Waals surface area contributed by atoms with Crippen LogP contribution in [0.3, 0.4) is 0 Å². The lowest BCUT2D eigenvalue weighted by Gasteiger charge is -2.56. The molecule has 0 aromatic heterocycles. The van der Waals surface area contributed by atoms with E-state index in [2.05, 4.69) is 30.3 Å². The second-order valence-corrected chi connectivity index (χ2v) is 7.38. The van der Waals surface area contributed by atoms with Crippen LogP contribution in [0.5, 0.6) is 0 Å². The number of aliphatic imine (C=N–C) groups is 1. The van der Waals surface area contributed by atoms with Crippen LogP contribution in [-0.2, 0) is 6.54 Å². The Kier molecular flexibility index (Phi) is 2.87. The zero-order chi connectivity index (χ0) is 13.6. The molecule has 2 nitrogen and oxygen atoms in total. The Morgan fingerprint density at radius 3 is 2.10 bits per heavy atom. The molecule has 1 aromatic carbocycles. The Morgan fingerprint density at radius 1 is 1.00 bits per heavy atom. The van der Waals surface area contributed by atoms with E-state index < -0.39 is 0 Å². The van der Waals surface area contributed by atoms with Crippen LogP contribution in [0.15, 0.2) is 35.3 Å². The molecule has 0 heterocycles. The number of nitrogens with two attached hydrogens (primary N) is 1. The topological polar surface area (TPSA) is 38.4 Å². The normalized spacial score (nSPS) is 39.2. The highest BCUT2D eigenvalue weighted by atomic mass is 14.9. The van der Waals surface area contributed by atoms with Gasteiger partial charge in [-0.15, -0.1) is 0 Å². The van der Waals surface area contributed by atoms with Crippen LogP contribution in [0.1, 0.15) is 44.1 Å². The Morgan fingerprint density at radius 2 is 1.55 bits per heavy atom. The summed E-state index contributed by atoms with van der Waals surface area (Å²) in [6.45, 7) is 0.744. The number of hydrogen-bond acceptors (Lipinski definition) is 1. The predicted molar refractivity (Wildman–Crippen MR) is 82.4 cm³/mol. The van der Waals surface area contributed by atoms with Gasteiger partial charge in [0.05, 0.1) is 6.54 Å². The summed E-state index contributed by atoms with van der Waals surface area (Å²) in [5.41, 5.74) is 8.00. The third kappa shape index (κ3) is 2.06. The molecule has 0 atom stereocenters. The summed E-state index contributed by atoms with van der Waals surface area (Å²) in [5, 5.41) is 0. The van der Waals surface area contributed by atoms with Gasteiger partial charge in [0.2, 0.25) is 0 Å². The van der Waals surface area contributed by atoms with E-state index in [0.29, 0.717) is 0 Å². The van der Waals surface area contributed by atoms with Crippen molar-refractivity contribution in [3.05, 3.63) is 35.9 Å². The Balaban J connectivity index is 1.54. The maximum atomic E-state index is 6.47. The van der Waals surface area contributed by atoms with Gasteiger partial charge >= 0.3 is 0 Å². The lowest BCUT2D eigenvalue weighted by atomic mass is 9.49. The molecular formula is C18H24N2. The SMILES string of the molecule is NC(=NCc1ccccc1)C12CC3CC(CC(C3)C1)C2. The lowest BCUT2D eigenvalue weighted by molar-refractivity contribution is -0.0131. The summed E-state index contributed by atoms with van der Waals surface area (Å²) in [5.74, 6) is 3.77. The number of benzene rings is 1. The second kappa shape index (κ2) is 4.61. The van der Waals surface area contributed by atoms with Crippen molar-refractivity contribution in [1.82, 2.24) is 0 Å². The second-order valence-electron chi connectivity index (χ2n) is 7.38. The maximum absolute atomic E-state index is 6.47. The molecule has 0 unspecified atom stereocenters. The Bertz CT molecular complexity index is 482. The zero-order valence-electron chi connectivity index (χ0n) is 12.1. The molecule has 1 aromatic rings. The monoisotopic (exact) mass is 268 g/mol. The first-order valence-corrected chi connectivity index (χ1v) is 8.08. The zero-order valence-corrected chi connectivity index (χ0v) is 12.1. The first kappa shape index (κ1) is 12.4. The quantitative estimate of drug-likeness (QED) is 0.658. The largest absolute Gasteiger partial charge is 0.387 e. The molecular weight excluding hydrogens is 244 g/mol. The van der Waals surface area contributed by atoms with E-state index >= 15 is 0 Å². The van der Waals surface area contributed by atoms with Crippen molar-refractivity contribution in [2.45, 2.75) is 45.1 Å². The van der Waals surface area contributed by atoms with Gasteiger partial charge in [0, 0.05) is 5.41 Å². The van der Waals surface area contributed by atoms with Crippen LogP contribution in [0.4, 0.5) is 0 Å². The van der Waals surface area contributed by atoms with E-state index in [-0.39, 0.29) is 5.41 Å². The third-order valence-electron chi connectivity index (χ3n) is 5.86. The van der Waals surface area contributed by atoms with Crippen molar-refractivity contribution in [2.24, 2.45) is 33.9 Å². The molecule has 4 aliphatic rings. The molecule has 0 saturated heterocycles. The van der Waals surface area contributed by atoms with Gasteiger partial charge in [-0.25, -0.2) is 0 Å². The molecule has 0 aliphatic heterocycles. The predicted octanol–water partition coefficient (Wildman–Crippen LogP) is 3.76. The van der Waals surface area contributed by atoms with Crippen LogP contribution in [0.2, 0.25) is 0 Å². The van der Waals surface area contributed by atoms with Gasteiger partial charge in [-0.05, 0) is 61.8 Å². The summed E-state index contributed by atoms with van der Waals surface area (Å²) in [7, 11) is 0. The van der Waals surface area contributed by atoms with E-state index in [1.54, 1.807) is 0 Å². The molecule has 2 N–H and O–H groups in total. The molecule has 2 heteroatoms. The van der Waals surface area contributed by atoms with Gasteiger partial charge in [0.25, 0.3) is 0 Å². The van der Waals surface area contributed by atoms with Gasteiger partial charge in [-0.1, -0.05) is 30.3 Å². The molecule has 4 fully saturated rings. The standard InChI is InChI=1S/C18H24N2/c19-17(20-12-13-4-2-1-3-5-13)18-9-14-6-15(10-18)8-16(7-14)11-18/h1-5,14-16H,6-12H2,(H2,19,20). The highest BCUT2D eigenvalue weighted by Gasteiger charge is 2.52. The van der Waals surface area contributed by atoms with Crippen LogP contribution in [-0.4, -0.2) is 5.84 Å². The van der Waals surface area contributed by atoms with Crippen LogP contribution in [0, 0.1) is 23.2 Å². The van der Waals surface area contributed by atoms with Crippen molar-refractivity contribution in [2.75, 3.05) is 0 Å². The molecule has 4 aliphatic carbocycles. The van der Waals surface area contributed by atoms with Gasteiger partial charge in [-0.3, -0.25) is 4.99 Å². The van der Waals surface area contributed by atoms with Crippen LogP contribution >= 0.6 is 0 Å². The van der Waals surface area contributed by atoms with Gasteiger partial charge in [0.15, 0.2) is 0 Å². The van der Waals surface area contributed by atoms with Gasteiger partial charge in [0.1, 0.15) is 5.84 Å². The fourth-order valence-electron chi connectivity index (χ4n) is 5.35. The lowest BCUT2D eigenvalue weighted by Crippen LogP contribution is -2.52.